The highest BCUT2D eigenvalue weighted by Crippen LogP contribution is 2.13. The van der Waals surface area contributed by atoms with E-state index in [-0.39, 0.29) is 0 Å². The Bertz CT molecular complexity index is 640. The van der Waals surface area contributed by atoms with Gasteiger partial charge in [0.1, 0.15) is 0 Å². The van der Waals surface area contributed by atoms with Crippen LogP contribution in [0.15, 0.2) is 29.3 Å². The van der Waals surface area contributed by atoms with Gasteiger partial charge < -0.3 is 20.4 Å². The van der Waals surface area contributed by atoms with Crippen molar-refractivity contribution in [1.29, 1.82) is 0 Å². The topological polar surface area (TPSA) is 46.1 Å². The first kappa shape index (κ1) is 23.0. The lowest BCUT2D eigenvalue weighted by molar-refractivity contribution is 0.148. The van der Waals surface area contributed by atoms with Gasteiger partial charge in [-0.25, -0.2) is 4.99 Å². The molecule has 2 N–H and O–H groups in total. The molecule has 0 aromatic heterocycles. The third-order valence-electron chi connectivity index (χ3n) is 6.39. The summed E-state index contributed by atoms with van der Waals surface area (Å²) in [7, 11) is 2.21. The van der Waals surface area contributed by atoms with Gasteiger partial charge in [0.25, 0.3) is 0 Å². The maximum absolute atomic E-state index is 4.85. The minimum absolute atomic E-state index is 0.517. The molecule has 2 aliphatic heterocycles. The highest BCUT2D eigenvalue weighted by Gasteiger charge is 2.21. The fourth-order valence-corrected chi connectivity index (χ4v) is 4.26. The van der Waals surface area contributed by atoms with Crippen molar-refractivity contribution in [3.8, 4) is 0 Å². The van der Waals surface area contributed by atoms with E-state index in [1.807, 2.05) is 0 Å². The smallest absolute Gasteiger partial charge is 0.191 e. The molecule has 0 aliphatic carbocycles. The van der Waals surface area contributed by atoms with Crippen LogP contribution in [0.4, 0.5) is 0 Å². The van der Waals surface area contributed by atoms with Crippen molar-refractivity contribution in [2.75, 3.05) is 52.9 Å². The lowest BCUT2D eigenvalue weighted by Crippen LogP contribution is -2.49. The van der Waals surface area contributed by atoms with E-state index < -0.39 is 0 Å². The van der Waals surface area contributed by atoms with E-state index in [1.54, 1.807) is 0 Å². The van der Waals surface area contributed by atoms with Gasteiger partial charge in [0.15, 0.2) is 5.96 Å². The molecule has 0 bridgehead atoms. The first-order chi connectivity index (χ1) is 14.5. The fourth-order valence-electron chi connectivity index (χ4n) is 4.26. The molecule has 0 spiro atoms. The summed E-state index contributed by atoms with van der Waals surface area (Å²) < 4.78 is 0. The zero-order valence-corrected chi connectivity index (χ0v) is 19.5. The summed E-state index contributed by atoms with van der Waals surface area (Å²) >= 11 is 0. The number of aliphatic imine (C=N–C) groups is 1. The fraction of sp³-hybridized carbons (Fsp3) is 0.708. The third kappa shape index (κ3) is 7.25. The number of hydrogen-bond acceptors (Lipinski definition) is 4. The van der Waals surface area contributed by atoms with E-state index in [1.165, 1.54) is 50.1 Å². The molecule has 2 heterocycles. The van der Waals surface area contributed by atoms with E-state index in [4.69, 9.17) is 4.99 Å². The molecule has 0 saturated carbocycles. The van der Waals surface area contributed by atoms with Crippen molar-refractivity contribution in [2.45, 2.75) is 58.8 Å². The van der Waals surface area contributed by atoms with Crippen molar-refractivity contribution in [2.24, 2.45) is 4.99 Å². The molecule has 6 heteroatoms. The highest BCUT2D eigenvalue weighted by atomic mass is 15.2. The number of guanidine groups is 1. The Kier molecular flexibility index (Phi) is 8.97. The molecule has 0 atom stereocenters. The lowest BCUT2D eigenvalue weighted by Gasteiger charge is -2.35. The Morgan fingerprint density at radius 2 is 1.63 bits per heavy atom. The summed E-state index contributed by atoms with van der Waals surface area (Å²) in [4.78, 5) is 12.4. The second kappa shape index (κ2) is 11.7. The number of hydrogen-bond donors (Lipinski definition) is 2. The van der Waals surface area contributed by atoms with Gasteiger partial charge in [-0.05, 0) is 51.8 Å². The summed E-state index contributed by atoms with van der Waals surface area (Å²) in [5.41, 5.74) is 2.66. The summed E-state index contributed by atoms with van der Waals surface area (Å²) in [5, 5.41) is 7.08. The maximum Gasteiger partial charge on any atom is 0.191 e. The van der Waals surface area contributed by atoms with Gasteiger partial charge in [-0.1, -0.05) is 24.3 Å². The Morgan fingerprint density at radius 1 is 1.00 bits per heavy atom. The molecule has 2 saturated heterocycles. The number of nitrogens with one attached hydrogen (secondary N) is 2. The Labute approximate surface area is 183 Å². The Hall–Kier alpha value is -1.63. The molecule has 2 fully saturated rings. The van der Waals surface area contributed by atoms with Crippen LogP contribution in [-0.2, 0) is 13.1 Å². The first-order valence-electron chi connectivity index (χ1n) is 11.8. The van der Waals surface area contributed by atoms with Crippen LogP contribution in [0.2, 0.25) is 0 Å². The molecule has 2 aliphatic rings. The van der Waals surface area contributed by atoms with E-state index in [9.17, 15) is 0 Å². The maximum atomic E-state index is 4.85. The van der Waals surface area contributed by atoms with E-state index in [2.05, 4.69) is 77.4 Å². The molecule has 1 aromatic rings. The normalized spacial score (nSPS) is 20.6. The zero-order chi connectivity index (χ0) is 21.3. The van der Waals surface area contributed by atoms with Crippen LogP contribution in [-0.4, -0.2) is 85.6 Å². The number of piperazine rings is 1. The molecule has 30 heavy (non-hydrogen) atoms. The number of likely N-dealkylation sites (tertiary alicyclic amines) is 1. The minimum atomic E-state index is 0.517. The quantitative estimate of drug-likeness (QED) is 0.530. The standard InChI is InChI=1S/C24H42N6/c1-5-25-24(27-23-10-12-30(13-11-23)20(2)3)26-18-21-6-8-22(9-7-21)19-29-16-14-28(4)15-17-29/h6-9,20,23H,5,10-19H2,1-4H3,(H2,25,26,27). The summed E-state index contributed by atoms with van der Waals surface area (Å²) in [6.45, 7) is 16.4. The Balaban J connectivity index is 1.48. The molecule has 0 unspecified atom stereocenters. The summed E-state index contributed by atoms with van der Waals surface area (Å²) in [6.07, 6.45) is 2.37. The lowest BCUT2D eigenvalue weighted by atomic mass is 10.0. The molecule has 6 nitrogen and oxygen atoms in total. The van der Waals surface area contributed by atoms with E-state index in [0.29, 0.717) is 12.1 Å². The van der Waals surface area contributed by atoms with Gasteiger partial charge in [0, 0.05) is 64.4 Å². The van der Waals surface area contributed by atoms with Gasteiger partial charge in [0.2, 0.25) is 0 Å². The largest absolute Gasteiger partial charge is 0.357 e. The molecular formula is C24H42N6. The monoisotopic (exact) mass is 414 g/mol. The number of benzene rings is 1. The second-order valence-corrected chi connectivity index (χ2v) is 9.14. The molecule has 168 valence electrons. The SMILES string of the molecule is CCNC(=NCc1ccc(CN2CCN(C)CC2)cc1)NC1CCN(C(C)C)CC1. The van der Waals surface area contributed by atoms with Crippen molar-refractivity contribution in [1.82, 2.24) is 25.3 Å². The molecule has 3 rings (SSSR count). The highest BCUT2D eigenvalue weighted by molar-refractivity contribution is 5.80. The van der Waals surface area contributed by atoms with Crippen molar-refractivity contribution in [3.63, 3.8) is 0 Å². The average Bonchev–Trinajstić information content (AvgIpc) is 2.75. The number of nitrogens with zero attached hydrogens (tertiary/aromatic N) is 4. The van der Waals surface area contributed by atoms with Crippen LogP contribution in [0.1, 0.15) is 44.7 Å². The zero-order valence-electron chi connectivity index (χ0n) is 19.5. The molecule has 0 amide bonds. The van der Waals surface area contributed by atoms with Crippen LogP contribution in [0, 0.1) is 0 Å². The van der Waals surface area contributed by atoms with Gasteiger partial charge in [-0.15, -0.1) is 0 Å². The molecular weight excluding hydrogens is 372 g/mol. The van der Waals surface area contributed by atoms with Crippen LogP contribution in [0.25, 0.3) is 0 Å². The van der Waals surface area contributed by atoms with Crippen LogP contribution >= 0.6 is 0 Å². The van der Waals surface area contributed by atoms with Gasteiger partial charge in [-0.2, -0.15) is 0 Å². The van der Waals surface area contributed by atoms with Crippen LogP contribution in [0.3, 0.4) is 0 Å². The van der Waals surface area contributed by atoms with Crippen LogP contribution in [0.5, 0.6) is 0 Å². The van der Waals surface area contributed by atoms with Gasteiger partial charge >= 0.3 is 0 Å². The number of likely N-dealkylation sites (N-methyl/N-ethyl adjacent to an activating group) is 1. The van der Waals surface area contributed by atoms with Crippen LogP contribution < -0.4 is 10.6 Å². The first-order valence-corrected chi connectivity index (χ1v) is 11.8. The van der Waals surface area contributed by atoms with Crippen molar-refractivity contribution < 1.29 is 0 Å². The molecule has 0 radical (unpaired) electrons. The summed E-state index contributed by atoms with van der Waals surface area (Å²) in [5.74, 6) is 0.946. The minimum Gasteiger partial charge on any atom is -0.357 e. The van der Waals surface area contributed by atoms with E-state index in [0.717, 1.165) is 38.7 Å². The number of rotatable bonds is 7. The van der Waals surface area contributed by atoms with Crippen molar-refractivity contribution >= 4 is 5.96 Å². The molecule has 1 aromatic carbocycles. The summed E-state index contributed by atoms with van der Waals surface area (Å²) in [6, 6.07) is 10.2. The predicted molar refractivity (Wildman–Crippen MR) is 127 cm³/mol. The Morgan fingerprint density at radius 3 is 2.23 bits per heavy atom. The van der Waals surface area contributed by atoms with Gasteiger partial charge in [0.05, 0.1) is 6.54 Å². The third-order valence-corrected chi connectivity index (χ3v) is 6.39. The predicted octanol–water partition coefficient (Wildman–Crippen LogP) is 2.36. The second-order valence-electron chi connectivity index (χ2n) is 9.14. The number of piperidine rings is 1. The van der Waals surface area contributed by atoms with Crippen molar-refractivity contribution in [3.05, 3.63) is 35.4 Å². The average molecular weight is 415 g/mol. The van der Waals surface area contributed by atoms with E-state index >= 15 is 0 Å². The van der Waals surface area contributed by atoms with Gasteiger partial charge in [-0.3, -0.25) is 4.90 Å².